The van der Waals surface area contributed by atoms with Crippen LogP contribution in [0.5, 0.6) is 5.75 Å². The van der Waals surface area contributed by atoms with Crippen LogP contribution >= 0.6 is 11.6 Å². The van der Waals surface area contributed by atoms with Crippen LogP contribution in [0.3, 0.4) is 0 Å². The van der Waals surface area contributed by atoms with Crippen LogP contribution in [0.2, 0.25) is 5.02 Å². The standard InChI is InChI=1S/C29H32ClNO5/c1-3-17-14-22-27(29(36)31(2)28(22)35)23(16-32)26(17)25(34)12-10-19(18-7-5-4-6-8-18)13-20-9-11-21(33)15-24(20)30/h4-9,11,13,15,22-23,25,27,32-34H,3,10,12,14,16H2,1-2H3/b19-13-/t22-,23+,25-,27-/m1/s1. The molecule has 7 heteroatoms. The molecule has 36 heavy (non-hydrogen) atoms. The molecule has 3 N–H and O–H groups in total. The topological polar surface area (TPSA) is 98.1 Å². The molecule has 4 rings (SSSR count). The van der Waals surface area contributed by atoms with Crippen molar-refractivity contribution in [1.29, 1.82) is 0 Å². The highest BCUT2D eigenvalue weighted by molar-refractivity contribution is 6.32. The first-order valence-corrected chi connectivity index (χ1v) is 12.7. The third-order valence-electron chi connectivity index (χ3n) is 7.53. The number of amides is 2. The van der Waals surface area contributed by atoms with Crippen molar-refractivity contribution < 1.29 is 24.9 Å². The maximum atomic E-state index is 12.8. The molecule has 2 aliphatic rings. The van der Waals surface area contributed by atoms with Crippen LogP contribution in [-0.4, -0.2) is 51.8 Å². The van der Waals surface area contributed by atoms with Gasteiger partial charge in [-0.1, -0.05) is 54.4 Å². The largest absolute Gasteiger partial charge is 0.508 e. The Hall–Kier alpha value is -2.93. The number of rotatable bonds is 8. The van der Waals surface area contributed by atoms with Crippen molar-refractivity contribution in [2.45, 2.75) is 38.7 Å². The summed E-state index contributed by atoms with van der Waals surface area (Å²) in [6.07, 6.45) is 3.05. The van der Waals surface area contributed by atoms with Gasteiger partial charge in [0.05, 0.1) is 29.6 Å². The first-order valence-electron chi connectivity index (χ1n) is 12.3. The Kier molecular flexibility index (Phi) is 7.98. The molecule has 1 aliphatic carbocycles. The van der Waals surface area contributed by atoms with Crippen molar-refractivity contribution >= 4 is 35.1 Å². The van der Waals surface area contributed by atoms with E-state index in [9.17, 15) is 24.9 Å². The van der Waals surface area contributed by atoms with Gasteiger partial charge in [-0.3, -0.25) is 14.5 Å². The van der Waals surface area contributed by atoms with E-state index in [4.69, 9.17) is 11.6 Å². The van der Waals surface area contributed by atoms with Gasteiger partial charge in [0.15, 0.2) is 0 Å². The van der Waals surface area contributed by atoms with Gasteiger partial charge in [0.1, 0.15) is 5.75 Å². The Morgan fingerprint density at radius 3 is 2.53 bits per heavy atom. The number of phenols is 1. The van der Waals surface area contributed by atoms with E-state index in [0.717, 1.165) is 27.2 Å². The minimum Gasteiger partial charge on any atom is -0.508 e. The second-order valence-corrected chi connectivity index (χ2v) is 9.98. The normalized spacial score (nSPS) is 23.3. The molecule has 1 heterocycles. The van der Waals surface area contributed by atoms with E-state index < -0.39 is 23.9 Å². The molecule has 1 fully saturated rings. The van der Waals surface area contributed by atoms with Crippen molar-refractivity contribution in [2.75, 3.05) is 13.7 Å². The minimum absolute atomic E-state index is 0.0871. The highest BCUT2D eigenvalue weighted by atomic mass is 35.5. The lowest BCUT2D eigenvalue weighted by atomic mass is 9.67. The van der Waals surface area contributed by atoms with E-state index in [1.165, 1.54) is 13.1 Å². The number of aromatic hydroxyl groups is 1. The number of imide groups is 1. The molecule has 0 radical (unpaired) electrons. The van der Waals surface area contributed by atoms with Gasteiger partial charge in [0, 0.05) is 13.0 Å². The van der Waals surface area contributed by atoms with Crippen LogP contribution in [0.25, 0.3) is 11.6 Å². The fourth-order valence-corrected chi connectivity index (χ4v) is 5.91. The smallest absolute Gasteiger partial charge is 0.233 e. The van der Waals surface area contributed by atoms with Gasteiger partial charge in [-0.15, -0.1) is 0 Å². The number of fused-ring (bicyclic) bond motifs is 1. The van der Waals surface area contributed by atoms with Gasteiger partial charge >= 0.3 is 0 Å². The van der Waals surface area contributed by atoms with E-state index in [1.54, 1.807) is 12.1 Å². The number of hydrogen-bond donors (Lipinski definition) is 3. The van der Waals surface area contributed by atoms with Crippen molar-refractivity contribution in [1.82, 2.24) is 4.90 Å². The number of carbonyl (C=O) groups is 2. The number of aliphatic hydroxyl groups excluding tert-OH is 2. The molecule has 1 saturated heterocycles. The fourth-order valence-electron chi connectivity index (χ4n) is 5.68. The van der Waals surface area contributed by atoms with Crippen LogP contribution in [0.1, 0.15) is 43.7 Å². The zero-order chi connectivity index (χ0) is 26.0. The average Bonchev–Trinajstić information content (AvgIpc) is 3.10. The van der Waals surface area contributed by atoms with Gasteiger partial charge in [-0.2, -0.15) is 0 Å². The van der Waals surface area contributed by atoms with Crippen LogP contribution < -0.4 is 0 Å². The van der Waals surface area contributed by atoms with Gasteiger partial charge in [-0.25, -0.2) is 0 Å². The molecule has 1 aliphatic heterocycles. The van der Waals surface area contributed by atoms with E-state index in [1.807, 2.05) is 43.3 Å². The molecule has 0 aromatic heterocycles. The highest BCUT2D eigenvalue weighted by Crippen LogP contribution is 2.46. The zero-order valence-electron chi connectivity index (χ0n) is 20.5. The Labute approximate surface area is 216 Å². The molecule has 0 unspecified atom stereocenters. The van der Waals surface area contributed by atoms with E-state index in [0.29, 0.717) is 36.3 Å². The zero-order valence-corrected chi connectivity index (χ0v) is 21.3. The summed E-state index contributed by atoms with van der Waals surface area (Å²) in [5.74, 6) is -2.08. The van der Waals surface area contributed by atoms with Crippen LogP contribution in [0, 0.1) is 17.8 Å². The predicted octanol–water partition coefficient (Wildman–Crippen LogP) is 4.68. The van der Waals surface area contributed by atoms with Crippen molar-refractivity contribution in [3.05, 3.63) is 75.8 Å². The molecule has 0 saturated carbocycles. The third-order valence-corrected chi connectivity index (χ3v) is 7.86. The molecular formula is C29H32ClNO5. The van der Waals surface area contributed by atoms with Gasteiger partial charge in [0.2, 0.25) is 11.8 Å². The maximum absolute atomic E-state index is 12.8. The molecular weight excluding hydrogens is 478 g/mol. The van der Waals surface area contributed by atoms with Gasteiger partial charge in [0.25, 0.3) is 0 Å². The second-order valence-electron chi connectivity index (χ2n) is 9.57. The fraction of sp³-hybridized carbons (Fsp3) is 0.379. The molecule has 0 spiro atoms. The Balaban J connectivity index is 1.64. The summed E-state index contributed by atoms with van der Waals surface area (Å²) < 4.78 is 0. The van der Waals surface area contributed by atoms with Crippen LogP contribution in [0.15, 0.2) is 59.7 Å². The summed E-state index contributed by atoms with van der Waals surface area (Å²) in [5.41, 5.74) is 4.35. The summed E-state index contributed by atoms with van der Waals surface area (Å²) in [7, 11) is 1.49. The number of phenolic OH excluding ortho intramolecular Hbond substituents is 1. The van der Waals surface area contributed by atoms with Gasteiger partial charge in [-0.05, 0) is 72.2 Å². The lowest BCUT2D eigenvalue weighted by Crippen LogP contribution is -2.38. The first kappa shape index (κ1) is 26.1. The second kappa shape index (κ2) is 11.0. The summed E-state index contributed by atoms with van der Waals surface area (Å²) in [6.45, 7) is 1.68. The van der Waals surface area contributed by atoms with Crippen molar-refractivity contribution in [3.8, 4) is 5.75 Å². The van der Waals surface area contributed by atoms with E-state index >= 15 is 0 Å². The number of halogens is 1. The summed E-state index contributed by atoms with van der Waals surface area (Å²) in [4.78, 5) is 26.7. The minimum atomic E-state index is -0.866. The van der Waals surface area contributed by atoms with E-state index in [2.05, 4.69) is 0 Å². The Morgan fingerprint density at radius 1 is 1.17 bits per heavy atom. The summed E-state index contributed by atoms with van der Waals surface area (Å²) >= 11 is 6.36. The lowest BCUT2D eigenvalue weighted by molar-refractivity contribution is -0.138. The average molecular weight is 510 g/mol. The highest BCUT2D eigenvalue weighted by Gasteiger charge is 2.53. The SMILES string of the molecule is CCC1=C([C@H](O)CC/C(=C/c2ccc(O)cc2Cl)c2ccccc2)[C@H](CO)[C@@H]2C(=O)N(C)C(=O)[C@@H]2C1. The number of carbonyl (C=O) groups excluding carboxylic acids is 2. The molecule has 0 bridgehead atoms. The third kappa shape index (κ3) is 4.99. The molecule has 2 amide bonds. The van der Waals surface area contributed by atoms with E-state index in [-0.39, 0.29) is 24.2 Å². The molecule has 2 aromatic carbocycles. The summed E-state index contributed by atoms with van der Waals surface area (Å²) in [6, 6.07) is 14.6. The quantitative estimate of drug-likeness (QED) is 0.273. The first-order chi connectivity index (χ1) is 17.3. The maximum Gasteiger partial charge on any atom is 0.233 e. The molecule has 4 atom stereocenters. The number of hydrogen-bond acceptors (Lipinski definition) is 5. The number of likely N-dealkylation sites (tertiary alicyclic amines) is 1. The van der Waals surface area contributed by atoms with Crippen LogP contribution in [-0.2, 0) is 9.59 Å². The monoisotopic (exact) mass is 509 g/mol. The Morgan fingerprint density at radius 2 is 1.89 bits per heavy atom. The predicted molar refractivity (Wildman–Crippen MR) is 140 cm³/mol. The van der Waals surface area contributed by atoms with Crippen molar-refractivity contribution in [2.24, 2.45) is 17.8 Å². The van der Waals surface area contributed by atoms with Crippen molar-refractivity contribution in [3.63, 3.8) is 0 Å². The Bertz CT molecular complexity index is 1210. The van der Waals surface area contributed by atoms with Gasteiger partial charge < -0.3 is 15.3 Å². The lowest BCUT2D eigenvalue weighted by Gasteiger charge is -2.36. The molecule has 190 valence electrons. The molecule has 2 aromatic rings. The number of aliphatic hydroxyl groups is 2. The number of allylic oxidation sites excluding steroid dienone is 2. The summed E-state index contributed by atoms with van der Waals surface area (Å²) in [5, 5.41) is 31.8. The number of benzene rings is 2. The molecule has 6 nitrogen and oxygen atoms in total. The van der Waals surface area contributed by atoms with Crippen LogP contribution in [0.4, 0.5) is 0 Å². The number of nitrogens with zero attached hydrogens (tertiary/aromatic N) is 1.